The van der Waals surface area contributed by atoms with E-state index in [1.807, 2.05) is 6.07 Å². The van der Waals surface area contributed by atoms with Crippen LogP contribution in [0.2, 0.25) is 0 Å². The number of thiophene rings is 2. The monoisotopic (exact) mass is 313 g/mol. The molecule has 3 heterocycles. The molecule has 0 spiro atoms. The first kappa shape index (κ1) is 10.5. The van der Waals surface area contributed by atoms with Gasteiger partial charge >= 0.3 is 0 Å². The Kier molecular flexibility index (Phi) is 2.63. The summed E-state index contributed by atoms with van der Waals surface area (Å²) in [4.78, 5) is 1.14. The standard InChI is InChI=1S/C11H8BrNOS2/c12-6-1-3-14-11(6)10(13)9-5-8-7(16-9)2-4-15-8/h1-5,10H,13H2. The molecule has 0 aromatic carbocycles. The van der Waals surface area contributed by atoms with E-state index >= 15 is 0 Å². The van der Waals surface area contributed by atoms with Crippen molar-refractivity contribution in [2.45, 2.75) is 6.04 Å². The Morgan fingerprint density at radius 2 is 2.19 bits per heavy atom. The first-order valence-electron chi connectivity index (χ1n) is 4.71. The largest absolute Gasteiger partial charge is 0.466 e. The van der Waals surface area contributed by atoms with E-state index in [2.05, 4.69) is 33.4 Å². The van der Waals surface area contributed by atoms with E-state index in [9.17, 15) is 0 Å². The minimum Gasteiger partial charge on any atom is -0.466 e. The molecule has 0 aliphatic rings. The second-order valence-electron chi connectivity index (χ2n) is 3.41. The van der Waals surface area contributed by atoms with Crippen molar-refractivity contribution in [3.05, 3.63) is 45.0 Å². The highest BCUT2D eigenvalue weighted by molar-refractivity contribution is 9.10. The van der Waals surface area contributed by atoms with Crippen molar-refractivity contribution in [2.75, 3.05) is 0 Å². The number of rotatable bonds is 2. The van der Waals surface area contributed by atoms with Gasteiger partial charge in [-0.2, -0.15) is 0 Å². The molecule has 82 valence electrons. The maximum absolute atomic E-state index is 6.18. The van der Waals surface area contributed by atoms with Crippen LogP contribution in [0.25, 0.3) is 9.40 Å². The minimum atomic E-state index is -0.186. The van der Waals surface area contributed by atoms with Crippen molar-refractivity contribution >= 4 is 48.0 Å². The molecule has 2 N–H and O–H groups in total. The SMILES string of the molecule is NC(c1cc2sccc2s1)c1occc1Br. The van der Waals surface area contributed by atoms with Gasteiger partial charge in [0.05, 0.1) is 16.8 Å². The first-order chi connectivity index (χ1) is 7.75. The average Bonchev–Trinajstić information content (AvgIpc) is 2.89. The van der Waals surface area contributed by atoms with Crippen LogP contribution in [0.4, 0.5) is 0 Å². The molecule has 1 unspecified atom stereocenters. The summed E-state index contributed by atoms with van der Waals surface area (Å²) in [5.74, 6) is 0.786. The second-order valence-corrected chi connectivity index (χ2v) is 6.33. The zero-order valence-electron chi connectivity index (χ0n) is 8.14. The average molecular weight is 314 g/mol. The maximum Gasteiger partial charge on any atom is 0.139 e. The molecule has 0 radical (unpaired) electrons. The van der Waals surface area contributed by atoms with Crippen LogP contribution in [-0.4, -0.2) is 0 Å². The molecule has 2 nitrogen and oxygen atoms in total. The lowest BCUT2D eigenvalue weighted by Gasteiger charge is -2.06. The summed E-state index contributed by atoms with van der Waals surface area (Å²) in [6.45, 7) is 0. The van der Waals surface area contributed by atoms with Gasteiger partial charge in [-0.3, -0.25) is 0 Å². The highest BCUT2D eigenvalue weighted by atomic mass is 79.9. The summed E-state index contributed by atoms with van der Waals surface area (Å²) in [5.41, 5.74) is 6.18. The van der Waals surface area contributed by atoms with Gasteiger partial charge in [-0.15, -0.1) is 22.7 Å². The van der Waals surface area contributed by atoms with Gasteiger partial charge in [-0.25, -0.2) is 0 Å². The van der Waals surface area contributed by atoms with E-state index in [-0.39, 0.29) is 6.04 Å². The summed E-state index contributed by atoms with van der Waals surface area (Å²) in [7, 11) is 0. The van der Waals surface area contributed by atoms with Gasteiger partial charge < -0.3 is 10.2 Å². The Bertz CT molecular complexity index is 596. The zero-order chi connectivity index (χ0) is 11.1. The Balaban J connectivity index is 2.04. The number of hydrogen-bond acceptors (Lipinski definition) is 4. The number of fused-ring (bicyclic) bond motifs is 1. The van der Waals surface area contributed by atoms with Gasteiger partial charge in [0, 0.05) is 14.3 Å². The van der Waals surface area contributed by atoms with Crippen molar-refractivity contribution < 1.29 is 4.42 Å². The maximum atomic E-state index is 6.18. The Labute approximate surface area is 109 Å². The van der Waals surface area contributed by atoms with E-state index in [4.69, 9.17) is 10.2 Å². The van der Waals surface area contributed by atoms with Gasteiger partial charge in [0.15, 0.2) is 0 Å². The molecular weight excluding hydrogens is 306 g/mol. The molecule has 16 heavy (non-hydrogen) atoms. The van der Waals surface area contributed by atoms with Crippen LogP contribution in [0, 0.1) is 0 Å². The molecule has 0 saturated heterocycles. The van der Waals surface area contributed by atoms with Crippen LogP contribution in [0.3, 0.4) is 0 Å². The van der Waals surface area contributed by atoms with Gasteiger partial charge in [0.25, 0.3) is 0 Å². The molecule has 0 aliphatic heterocycles. The molecule has 0 saturated carbocycles. The molecule has 0 aliphatic carbocycles. The fraction of sp³-hybridized carbons (Fsp3) is 0.0909. The molecule has 0 amide bonds. The summed E-state index contributed by atoms with van der Waals surface area (Å²) < 4.78 is 8.90. The minimum absolute atomic E-state index is 0.186. The predicted octanol–water partition coefficient (Wildman–Crippen LogP) is 4.37. The highest BCUT2D eigenvalue weighted by Crippen LogP contribution is 2.36. The molecular formula is C11H8BrNOS2. The summed E-state index contributed by atoms with van der Waals surface area (Å²) in [6.07, 6.45) is 1.65. The van der Waals surface area contributed by atoms with E-state index < -0.39 is 0 Å². The van der Waals surface area contributed by atoms with E-state index in [1.165, 1.54) is 9.40 Å². The lowest BCUT2D eigenvalue weighted by atomic mass is 10.2. The molecule has 3 aromatic heterocycles. The van der Waals surface area contributed by atoms with Crippen LogP contribution in [0.1, 0.15) is 16.7 Å². The number of hydrogen-bond donors (Lipinski definition) is 1. The summed E-state index contributed by atoms with van der Waals surface area (Å²) in [6, 6.07) is 5.95. The molecule has 0 fully saturated rings. The second kappa shape index (κ2) is 4.00. The molecule has 5 heteroatoms. The number of furan rings is 1. The molecule has 3 aromatic rings. The topological polar surface area (TPSA) is 39.2 Å². The smallest absolute Gasteiger partial charge is 0.139 e. The predicted molar refractivity (Wildman–Crippen MR) is 72.1 cm³/mol. The molecule has 0 bridgehead atoms. The van der Waals surface area contributed by atoms with Crippen molar-refractivity contribution in [1.82, 2.24) is 0 Å². The Hall–Kier alpha value is -0.620. The van der Waals surface area contributed by atoms with E-state index in [1.54, 1.807) is 28.9 Å². The van der Waals surface area contributed by atoms with Crippen molar-refractivity contribution in [2.24, 2.45) is 5.73 Å². The zero-order valence-corrected chi connectivity index (χ0v) is 11.4. The van der Waals surface area contributed by atoms with Gasteiger partial charge in [0.2, 0.25) is 0 Å². The fourth-order valence-electron chi connectivity index (χ4n) is 1.59. The van der Waals surface area contributed by atoms with Gasteiger partial charge in [-0.1, -0.05) is 0 Å². The van der Waals surface area contributed by atoms with E-state index in [0.29, 0.717) is 0 Å². The Morgan fingerprint density at radius 1 is 1.31 bits per heavy atom. The lowest BCUT2D eigenvalue weighted by molar-refractivity contribution is 0.489. The Morgan fingerprint density at radius 3 is 2.88 bits per heavy atom. The molecule has 3 rings (SSSR count). The van der Waals surface area contributed by atoms with Crippen LogP contribution in [0.5, 0.6) is 0 Å². The first-order valence-corrected chi connectivity index (χ1v) is 7.20. The van der Waals surface area contributed by atoms with Crippen molar-refractivity contribution in [3.63, 3.8) is 0 Å². The van der Waals surface area contributed by atoms with Crippen LogP contribution < -0.4 is 5.73 Å². The quantitative estimate of drug-likeness (QED) is 0.763. The van der Waals surface area contributed by atoms with Gasteiger partial charge in [0.1, 0.15) is 5.76 Å². The van der Waals surface area contributed by atoms with Crippen LogP contribution in [-0.2, 0) is 0 Å². The summed E-state index contributed by atoms with van der Waals surface area (Å²) >= 11 is 6.90. The van der Waals surface area contributed by atoms with E-state index in [0.717, 1.165) is 15.1 Å². The summed E-state index contributed by atoms with van der Waals surface area (Å²) in [5, 5.41) is 2.10. The lowest BCUT2D eigenvalue weighted by Crippen LogP contribution is -2.09. The number of halogens is 1. The molecule has 1 atom stereocenters. The van der Waals surface area contributed by atoms with Crippen molar-refractivity contribution in [1.29, 1.82) is 0 Å². The van der Waals surface area contributed by atoms with Crippen LogP contribution in [0.15, 0.2) is 38.7 Å². The van der Waals surface area contributed by atoms with Gasteiger partial charge in [-0.05, 0) is 39.5 Å². The fourth-order valence-corrected chi connectivity index (χ4v) is 4.16. The third-order valence-electron chi connectivity index (χ3n) is 2.39. The van der Waals surface area contributed by atoms with Crippen molar-refractivity contribution in [3.8, 4) is 0 Å². The third kappa shape index (κ3) is 1.64. The highest BCUT2D eigenvalue weighted by Gasteiger charge is 2.18. The van der Waals surface area contributed by atoms with Crippen LogP contribution >= 0.6 is 38.6 Å². The third-order valence-corrected chi connectivity index (χ3v) is 5.22. The number of nitrogens with two attached hydrogens (primary N) is 1. The normalized spacial score (nSPS) is 13.4.